The number of amides is 1. The highest BCUT2D eigenvalue weighted by molar-refractivity contribution is 5.76. The van der Waals surface area contributed by atoms with Gasteiger partial charge in [0.05, 0.1) is 11.8 Å². The summed E-state index contributed by atoms with van der Waals surface area (Å²) < 4.78 is 33.2. The fourth-order valence-electron chi connectivity index (χ4n) is 3.81. The van der Waals surface area contributed by atoms with Crippen LogP contribution in [0, 0.1) is 11.6 Å². The highest BCUT2D eigenvalue weighted by atomic mass is 19.1. The summed E-state index contributed by atoms with van der Waals surface area (Å²) in [6.07, 6.45) is 5.04. The molecule has 150 valence electrons. The number of aryl methyl sites for hydroxylation is 1. The average molecular weight is 396 g/mol. The van der Waals surface area contributed by atoms with Gasteiger partial charge in [-0.2, -0.15) is 0 Å². The molecule has 0 spiro atoms. The van der Waals surface area contributed by atoms with E-state index in [2.05, 4.69) is 22.4 Å². The molecule has 1 amide bonds. The van der Waals surface area contributed by atoms with Gasteiger partial charge in [0.15, 0.2) is 11.7 Å². The number of halogens is 2. The van der Waals surface area contributed by atoms with Crippen LogP contribution in [-0.2, 0) is 16.6 Å². The molecule has 29 heavy (non-hydrogen) atoms. The summed E-state index contributed by atoms with van der Waals surface area (Å²) in [4.78, 5) is 16.4. The van der Waals surface area contributed by atoms with Gasteiger partial charge in [0.25, 0.3) is 0 Å². The van der Waals surface area contributed by atoms with Gasteiger partial charge in [-0.3, -0.25) is 4.79 Å². The summed E-state index contributed by atoms with van der Waals surface area (Å²) >= 11 is 0. The minimum absolute atomic E-state index is 0.0218. The van der Waals surface area contributed by atoms with Crippen LogP contribution in [0.15, 0.2) is 59.1 Å². The van der Waals surface area contributed by atoms with Gasteiger partial charge in [-0.05, 0) is 30.5 Å². The molecule has 4 nitrogen and oxygen atoms in total. The van der Waals surface area contributed by atoms with Crippen molar-refractivity contribution in [2.45, 2.75) is 37.5 Å². The molecule has 1 N–H and O–H groups in total. The first-order valence-corrected chi connectivity index (χ1v) is 9.79. The third-order valence-electron chi connectivity index (χ3n) is 5.65. The van der Waals surface area contributed by atoms with Crippen molar-refractivity contribution in [3.63, 3.8) is 0 Å². The largest absolute Gasteiger partial charge is 0.441 e. The fraction of sp³-hybridized carbons (Fsp3) is 0.304. The minimum Gasteiger partial charge on any atom is -0.441 e. The average Bonchev–Trinajstić information content (AvgIpc) is 3.15. The fourth-order valence-corrected chi connectivity index (χ4v) is 3.81. The quantitative estimate of drug-likeness (QED) is 0.625. The second-order valence-corrected chi connectivity index (χ2v) is 7.49. The van der Waals surface area contributed by atoms with Crippen molar-refractivity contribution in [3.05, 3.63) is 77.8 Å². The molecule has 0 saturated heterocycles. The van der Waals surface area contributed by atoms with E-state index in [4.69, 9.17) is 4.42 Å². The van der Waals surface area contributed by atoms with Crippen LogP contribution in [0.4, 0.5) is 8.78 Å². The number of aromatic nitrogens is 1. The van der Waals surface area contributed by atoms with E-state index in [-0.39, 0.29) is 41.4 Å². The molecule has 0 aliphatic heterocycles. The normalized spacial score (nSPS) is 15.0. The maximum atomic E-state index is 13.9. The lowest BCUT2D eigenvalue weighted by molar-refractivity contribution is -0.121. The summed E-state index contributed by atoms with van der Waals surface area (Å²) in [5.74, 6) is -1.22. The van der Waals surface area contributed by atoms with Crippen molar-refractivity contribution in [3.8, 4) is 11.3 Å². The molecule has 0 radical (unpaired) electrons. The topological polar surface area (TPSA) is 55.1 Å². The number of nitrogens with one attached hydrogen (secondary N) is 1. The summed E-state index contributed by atoms with van der Waals surface area (Å²) in [5, 5.41) is 3.02. The highest BCUT2D eigenvalue weighted by Crippen LogP contribution is 2.43. The lowest BCUT2D eigenvalue weighted by Crippen LogP contribution is -2.45. The van der Waals surface area contributed by atoms with Crippen LogP contribution in [0.1, 0.15) is 37.1 Å². The Morgan fingerprint density at radius 3 is 2.45 bits per heavy atom. The Balaban J connectivity index is 1.33. The Morgan fingerprint density at radius 2 is 1.79 bits per heavy atom. The Bertz CT molecular complexity index is 977. The predicted octanol–water partition coefficient (Wildman–Crippen LogP) is 4.79. The molecule has 2 aromatic carbocycles. The zero-order chi connectivity index (χ0) is 20.3. The SMILES string of the molecule is O=C(CCc1ncc(-c2c(F)cccc2F)o1)NCC1(c2ccccc2)CCC1. The maximum absolute atomic E-state index is 13.9. The van der Waals surface area contributed by atoms with E-state index in [0.29, 0.717) is 6.54 Å². The Hall–Kier alpha value is -3.02. The third-order valence-corrected chi connectivity index (χ3v) is 5.65. The Morgan fingerprint density at radius 1 is 1.07 bits per heavy atom. The second kappa shape index (κ2) is 8.15. The first-order chi connectivity index (χ1) is 14.1. The molecule has 0 atom stereocenters. The Kier molecular flexibility index (Phi) is 5.43. The molecule has 1 aliphatic carbocycles. The van der Waals surface area contributed by atoms with Crippen molar-refractivity contribution in [2.75, 3.05) is 6.54 Å². The molecule has 1 fully saturated rings. The predicted molar refractivity (Wildman–Crippen MR) is 105 cm³/mol. The van der Waals surface area contributed by atoms with Crippen LogP contribution >= 0.6 is 0 Å². The molecule has 4 rings (SSSR count). The molecular formula is C23H22F2N2O2. The summed E-state index contributed by atoms with van der Waals surface area (Å²) in [6, 6.07) is 13.9. The van der Waals surface area contributed by atoms with Crippen molar-refractivity contribution in [2.24, 2.45) is 0 Å². The van der Waals surface area contributed by atoms with E-state index < -0.39 is 11.6 Å². The van der Waals surface area contributed by atoms with Gasteiger partial charge < -0.3 is 9.73 Å². The van der Waals surface area contributed by atoms with Gasteiger partial charge >= 0.3 is 0 Å². The standard InChI is InChI=1S/C23H22F2N2O2/c24-17-8-4-9-18(25)22(17)19-14-26-21(29-19)11-10-20(28)27-15-23(12-5-13-23)16-6-2-1-3-7-16/h1-4,6-9,14H,5,10-13,15H2,(H,27,28). The molecule has 1 aromatic heterocycles. The zero-order valence-corrected chi connectivity index (χ0v) is 16.0. The molecular weight excluding hydrogens is 374 g/mol. The number of benzene rings is 2. The lowest BCUT2D eigenvalue weighted by Gasteiger charge is -2.42. The minimum atomic E-state index is -0.711. The third kappa shape index (κ3) is 4.06. The molecule has 1 heterocycles. The van der Waals surface area contributed by atoms with Crippen molar-refractivity contribution < 1.29 is 18.0 Å². The van der Waals surface area contributed by atoms with Crippen LogP contribution in [0.5, 0.6) is 0 Å². The van der Waals surface area contributed by atoms with Crippen LogP contribution in [0.25, 0.3) is 11.3 Å². The zero-order valence-electron chi connectivity index (χ0n) is 16.0. The Labute approximate surface area is 168 Å². The maximum Gasteiger partial charge on any atom is 0.220 e. The van der Waals surface area contributed by atoms with Gasteiger partial charge in [-0.15, -0.1) is 0 Å². The van der Waals surface area contributed by atoms with E-state index in [1.54, 1.807) is 0 Å². The van der Waals surface area contributed by atoms with E-state index in [1.165, 1.54) is 17.8 Å². The van der Waals surface area contributed by atoms with Crippen LogP contribution in [0.2, 0.25) is 0 Å². The van der Waals surface area contributed by atoms with Crippen molar-refractivity contribution in [1.82, 2.24) is 10.3 Å². The van der Waals surface area contributed by atoms with Crippen LogP contribution < -0.4 is 5.32 Å². The van der Waals surface area contributed by atoms with Crippen LogP contribution in [-0.4, -0.2) is 17.4 Å². The highest BCUT2D eigenvalue weighted by Gasteiger charge is 2.38. The number of rotatable bonds is 7. The second-order valence-electron chi connectivity index (χ2n) is 7.49. The number of carbonyl (C=O) groups excluding carboxylic acids is 1. The molecule has 3 aromatic rings. The van der Waals surface area contributed by atoms with Gasteiger partial charge in [0, 0.05) is 24.8 Å². The van der Waals surface area contributed by atoms with Gasteiger partial charge in [-0.25, -0.2) is 13.8 Å². The number of hydrogen-bond acceptors (Lipinski definition) is 3. The van der Waals surface area contributed by atoms with Gasteiger partial charge in [0.1, 0.15) is 11.6 Å². The van der Waals surface area contributed by atoms with Crippen molar-refractivity contribution in [1.29, 1.82) is 0 Å². The molecule has 0 unspecified atom stereocenters. The first kappa shape index (κ1) is 19.3. The van der Waals surface area contributed by atoms with Gasteiger partial charge in [-0.1, -0.05) is 42.8 Å². The van der Waals surface area contributed by atoms with E-state index in [9.17, 15) is 13.6 Å². The first-order valence-electron chi connectivity index (χ1n) is 9.79. The van der Waals surface area contributed by atoms with E-state index >= 15 is 0 Å². The smallest absolute Gasteiger partial charge is 0.220 e. The number of hydrogen-bond donors (Lipinski definition) is 1. The van der Waals surface area contributed by atoms with Gasteiger partial charge in [0.2, 0.25) is 5.91 Å². The molecule has 6 heteroatoms. The lowest BCUT2D eigenvalue weighted by atomic mass is 9.64. The van der Waals surface area contributed by atoms with E-state index in [1.807, 2.05) is 18.2 Å². The number of carbonyl (C=O) groups is 1. The number of nitrogens with zero attached hydrogens (tertiary/aromatic N) is 1. The summed E-state index contributed by atoms with van der Waals surface area (Å²) in [5.41, 5.74) is 1.04. The van der Waals surface area contributed by atoms with Crippen molar-refractivity contribution >= 4 is 5.91 Å². The molecule has 1 saturated carbocycles. The number of oxazole rings is 1. The van der Waals surface area contributed by atoms with Crippen LogP contribution in [0.3, 0.4) is 0 Å². The summed E-state index contributed by atoms with van der Waals surface area (Å²) in [6.45, 7) is 0.604. The monoisotopic (exact) mass is 396 g/mol. The molecule has 1 aliphatic rings. The molecule has 0 bridgehead atoms. The summed E-state index contributed by atoms with van der Waals surface area (Å²) in [7, 11) is 0. The van der Waals surface area contributed by atoms with E-state index in [0.717, 1.165) is 31.4 Å².